The van der Waals surface area contributed by atoms with Gasteiger partial charge in [0, 0.05) is 45.4 Å². The van der Waals surface area contributed by atoms with E-state index in [1.807, 2.05) is 0 Å². The maximum absolute atomic E-state index is 13.3. The monoisotopic (exact) mass is 1090 g/mol. The second kappa shape index (κ2) is 60.4. The van der Waals surface area contributed by atoms with Crippen molar-refractivity contribution >= 4 is 17.8 Å². The number of carbonyl (C=O) groups excluding carboxylic acids is 3. The molecule has 0 spiro atoms. The Hall–Kier alpha value is -1.67. The van der Waals surface area contributed by atoms with Gasteiger partial charge in [0.2, 0.25) is 5.91 Å². The van der Waals surface area contributed by atoms with Crippen LogP contribution in [-0.2, 0) is 23.9 Å². The molecule has 0 heterocycles. The van der Waals surface area contributed by atoms with Crippen LogP contribution in [0.25, 0.3) is 0 Å². The van der Waals surface area contributed by atoms with Crippen molar-refractivity contribution in [1.82, 2.24) is 14.7 Å². The first-order valence-corrected chi connectivity index (χ1v) is 34.7. The molecule has 2 atom stereocenters. The molecule has 0 N–H and O–H groups in total. The molecule has 0 aliphatic heterocycles. The van der Waals surface area contributed by atoms with Gasteiger partial charge in [0.05, 0.1) is 13.2 Å². The molecular weight excluding hydrogens is 951 g/mol. The lowest BCUT2D eigenvalue weighted by atomic mass is 9.95. The van der Waals surface area contributed by atoms with Crippen LogP contribution >= 0.6 is 0 Å². The van der Waals surface area contributed by atoms with E-state index in [4.69, 9.17) is 9.47 Å². The fourth-order valence-electron chi connectivity index (χ4n) is 11.2. The molecule has 0 aliphatic carbocycles. The van der Waals surface area contributed by atoms with Crippen molar-refractivity contribution in [3.05, 3.63) is 0 Å². The van der Waals surface area contributed by atoms with Crippen LogP contribution in [0.15, 0.2) is 0 Å². The fourth-order valence-corrected chi connectivity index (χ4v) is 11.2. The first kappa shape index (κ1) is 75.3. The Labute approximate surface area is 482 Å². The minimum atomic E-state index is 0.0128. The summed E-state index contributed by atoms with van der Waals surface area (Å²) in [6.45, 7) is 22.2. The quantitative estimate of drug-likeness (QED) is 0.0443. The summed E-state index contributed by atoms with van der Waals surface area (Å²) < 4.78 is 11.8. The molecule has 0 rings (SSSR count). The molecule has 0 saturated heterocycles. The third kappa shape index (κ3) is 53.4. The van der Waals surface area contributed by atoms with Crippen molar-refractivity contribution in [2.75, 3.05) is 66.1 Å². The van der Waals surface area contributed by atoms with E-state index in [2.05, 4.69) is 63.3 Å². The van der Waals surface area contributed by atoms with Gasteiger partial charge in [-0.05, 0) is 116 Å². The average molecular weight is 1090 g/mol. The second-order valence-corrected chi connectivity index (χ2v) is 24.4. The van der Waals surface area contributed by atoms with Gasteiger partial charge < -0.3 is 24.2 Å². The summed E-state index contributed by atoms with van der Waals surface area (Å²) in [5, 5.41) is 0. The fraction of sp³-hybridized carbons (Fsp3) is 0.957. The molecule has 0 aromatic carbocycles. The van der Waals surface area contributed by atoms with Gasteiger partial charge in [0.25, 0.3) is 0 Å². The molecule has 0 fully saturated rings. The lowest BCUT2D eigenvalue weighted by molar-refractivity contribution is -0.146. The number of ether oxygens (including phenoxy) is 2. The van der Waals surface area contributed by atoms with Crippen molar-refractivity contribution in [3.63, 3.8) is 0 Å². The molecule has 8 heteroatoms. The normalized spacial score (nSPS) is 12.5. The predicted octanol–water partition coefficient (Wildman–Crippen LogP) is 20.2. The van der Waals surface area contributed by atoms with E-state index in [9.17, 15) is 14.4 Å². The highest BCUT2D eigenvalue weighted by molar-refractivity contribution is 5.76. The number of likely N-dealkylation sites (N-methyl/N-ethyl adjacent to an activating group) is 1. The number of unbranched alkanes of at least 4 members (excludes halogenated alkanes) is 32. The standard InChI is InChI=1S/C69H137N3O5/c1-8-14-20-26-31-39-51-65(49-37-23-17-11-4)63-76-68(74)54-42-33-28-35-44-57-71(62-61-70(7)56-47-48-60-72(59-46-25-19-13-6)67(73)53-41-30-22-16-10-3)58-45-36-29-34-43-55-69(75)77-64-66(50-38-24-18-12-5)52-40-32-27-21-15-9-2/h65-66H,8-64H2,1-7H3. The maximum atomic E-state index is 13.3. The van der Waals surface area contributed by atoms with Crippen molar-refractivity contribution in [2.24, 2.45) is 11.8 Å². The highest BCUT2D eigenvalue weighted by atomic mass is 16.5. The summed E-state index contributed by atoms with van der Waals surface area (Å²) in [6.07, 6.45) is 57.1. The van der Waals surface area contributed by atoms with Crippen molar-refractivity contribution < 1.29 is 23.9 Å². The first-order chi connectivity index (χ1) is 37.7. The molecule has 0 aromatic rings. The topological polar surface area (TPSA) is 79.4 Å². The van der Waals surface area contributed by atoms with E-state index in [1.165, 1.54) is 238 Å². The third-order valence-corrected chi connectivity index (χ3v) is 16.7. The molecule has 8 nitrogen and oxygen atoms in total. The number of hydrogen-bond acceptors (Lipinski definition) is 7. The van der Waals surface area contributed by atoms with Gasteiger partial charge in [0.1, 0.15) is 0 Å². The largest absolute Gasteiger partial charge is 0.465 e. The molecular formula is C69H137N3O5. The zero-order valence-corrected chi connectivity index (χ0v) is 53.3. The summed E-state index contributed by atoms with van der Waals surface area (Å²) in [5.74, 6) is 1.46. The molecule has 0 saturated carbocycles. The highest BCUT2D eigenvalue weighted by Gasteiger charge is 2.16. The van der Waals surface area contributed by atoms with Gasteiger partial charge in [-0.15, -0.1) is 0 Å². The number of hydrogen-bond donors (Lipinski definition) is 0. The Kier molecular flexibility index (Phi) is 59.1. The number of nitrogens with zero attached hydrogens (tertiary/aromatic N) is 3. The lowest BCUT2D eigenvalue weighted by Gasteiger charge is -2.26. The van der Waals surface area contributed by atoms with E-state index >= 15 is 0 Å². The van der Waals surface area contributed by atoms with Crippen LogP contribution < -0.4 is 0 Å². The Morgan fingerprint density at radius 3 is 0.987 bits per heavy atom. The van der Waals surface area contributed by atoms with Crippen LogP contribution in [0.1, 0.15) is 350 Å². The Balaban J connectivity index is 5.04. The van der Waals surface area contributed by atoms with Crippen molar-refractivity contribution in [2.45, 2.75) is 350 Å². The minimum absolute atomic E-state index is 0.0128. The van der Waals surface area contributed by atoms with Crippen LogP contribution in [0.2, 0.25) is 0 Å². The van der Waals surface area contributed by atoms with E-state index in [0.717, 1.165) is 104 Å². The summed E-state index contributed by atoms with van der Waals surface area (Å²) in [7, 11) is 2.28. The van der Waals surface area contributed by atoms with Gasteiger partial charge in [-0.2, -0.15) is 0 Å². The summed E-state index contributed by atoms with van der Waals surface area (Å²) in [6, 6.07) is 0. The predicted molar refractivity (Wildman–Crippen MR) is 335 cm³/mol. The van der Waals surface area contributed by atoms with Crippen LogP contribution in [0, 0.1) is 11.8 Å². The summed E-state index contributed by atoms with van der Waals surface area (Å²) in [4.78, 5) is 46.3. The molecule has 0 aliphatic rings. The molecule has 2 unspecified atom stereocenters. The first-order valence-electron chi connectivity index (χ1n) is 34.7. The van der Waals surface area contributed by atoms with Crippen LogP contribution in [0.3, 0.4) is 0 Å². The van der Waals surface area contributed by atoms with Gasteiger partial charge in [-0.25, -0.2) is 0 Å². The Bertz CT molecular complexity index is 1170. The zero-order valence-electron chi connectivity index (χ0n) is 53.3. The second-order valence-electron chi connectivity index (χ2n) is 24.4. The van der Waals surface area contributed by atoms with E-state index < -0.39 is 0 Å². The number of rotatable bonds is 63. The van der Waals surface area contributed by atoms with E-state index in [0.29, 0.717) is 43.8 Å². The number of amides is 1. The summed E-state index contributed by atoms with van der Waals surface area (Å²) >= 11 is 0. The molecule has 0 bridgehead atoms. The summed E-state index contributed by atoms with van der Waals surface area (Å²) in [5.41, 5.74) is 0. The van der Waals surface area contributed by atoms with E-state index in [-0.39, 0.29) is 11.9 Å². The van der Waals surface area contributed by atoms with Gasteiger partial charge in [0.15, 0.2) is 0 Å². The van der Waals surface area contributed by atoms with E-state index in [1.54, 1.807) is 0 Å². The van der Waals surface area contributed by atoms with Gasteiger partial charge in [-0.3, -0.25) is 14.4 Å². The van der Waals surface area contributed by atoms with Gasteiger partial charge in [-0.1, -0.05) is 253 Å². The number of esters is 2. The van der Waals surface area contributed by atoms with Crippen LogP contribution in [0.4, 0.5) is 0 Å². The number of carbonyl (C=O) groups is 3. The average Bonchev–Trinajstić information content (AvgIpc) is 3.43. The van der Waals surface area contributed by atoms with Crippen LogP contribution in [0.5, 0.6) is 0 Å². The Morgan fingerprint density at radius 1 is 0.299 bits per heavy atom. The minimum Gasteiger partial charge on any atom is -0.465 e. The third-order valence-electron chi connectivity index (χ3n) is 16.7. The van der Waals surface area contributed by atoms with Crippen molar-refractivity contribution in [3.8, 4) is 0 Å². The maximum Gasteiger partial charge on any atom is 0.305 e. The van der Waals surface area contributed by atoms with Crippen LogP contribution in [-0.4, -0.2) is 98.6 Å². The molecule has 0 aromatic heterocycles. The molecule has 77 heavy (non-hydrogen) atoms. The SMILES string of the molecule is CCCCCCCCC(CCCCCC)COC(=O)CCCCCCCN(CCCCCCCC(=O)OCC(CCCCCC)CCCCCCCC)CCN(C)CCCCN(CCCCCC)C(=O)CCCCCCC. The van der Waals surface area contributed by atoms with Crippen molar-refractivity contribution in [1.29, 1.82) is 0 Å². The molecule has 0 radical (unpaired) electrons. The van der Waals surface area contributed by atoms with Gasteiger partial charge >= 0.3 is 11.9 Å². The zero-order chi connectivity index (χ0) is 56.3. The highest BCUT2D eigenvalue weighted by Crippen LogP contribution is 2.22. The molecule has 1 amide bonds. The molecule has 458 valence electrons. The lowest BCUT2D eigenvalue weighted by Crippen LogP contribution is -2.35. The smallest absolute Gasteiger partial charge is 0.305 e. The Morgan fingerprint density at radius 2 is 0.584 bits per heavy atom.